The van der Waals surface area contributed by atoms with Gasteiger partial charge < -0.3 is 4.42 Å². The van der Waals surface area contributed by atoms with E-state index in [0.29, 0.717) is 60.0 Å². The van der Waals surface area contributed by atoms with E-state index in [1.54, 1.807) is 28.6 Å². The van der Waals surface area contributed by atoms with Gasteiger partial charge in [0.05, 0.1) is 11.4 Å². The summed E-state index contributed by atoms with van der Waals surface area (Å²) in [5.74, 6) is 1.16. The lowest BCUT2D eigenvalue weighted by Crippen LogP contribution is -2.48. The minimum absolute atomic E-state index is 0.360. The topological polar surface area (TPSA) is 66.7 Å². The highest BCUT2D eigenvalue weighted by Gasteiger charge is 2.29. The van der Waals surface area contributed by atoms with Crippen LogP contribution >= 0.6 is 11.6 Å². The minimum Gasteiger partial charge on any atom is -0.439 e. The summed E-state index contributed by atoms with van der Waals surface area (Å²) in [4.78, 5) is 7.01. The van der Waals surface area contributed by atoms with E-state index in [1.165, 1.54) is 0 Å². The van der Waals surface area contributed by atoms with E-state index in [0.717, 1.165) is 17.5 Å². The average molecular weight is 448 g/mol. The van der Waals surface area contributed by atoms with E-state index >= 15 is 0 Å². The molecule has 0 radical (unpaired) electrons. The van der Waals surface area contributed by atoms with Gasteiger partial charge in [0, 0.05) is 37.3 Å². The molecule has 1 fully saturated rings. The number of hydrogen-bond acceptors (Lipinski definition) is 5. The third-order valence-corrected chi connectivity index (χ3v) is 7.44. The molecule has 0 aliphatic carbocycles. The van der Waals surface area contributed by atoms with Gasteiger partial charge in [0.15, 0.2) is 5.58 Å². The molecule has 4 rings (SSSR count). The first kappa shape index (κ1) is 21.3. The average Bonchev–Trinajstić information content (AvgIpc) is 3.09. The summed E-state index contributed by atoms with van der Waals surface area (Å²) in [5.41, 5.74) is 2.60. The number of hydrogen-bond donors (Lipinski definition) is 0. The van der Waals surface area contributed by atoms with Crippen molar-refractivity contribution >= 4 is 32.7 Å². The number of halogens is 1. The van der Waals surface area contributed by atoms with E-state index in [-0.39, 0.29) is 0 Å². The minimum atomic E-state index is -3.48. The Kier molecular flexibility index (Phi) is 6.16. The maximum atomic E-state index is 13.0. The predicted octanol–water partition coefficient (Wildman–Crippen LogP) is 4.19. The Morgan fingerprint density at radius 1 is 1.07 bits per heavy atom. The first-order valence-electron chi connectivity index (χ1n) is 10.2. The number of sulfonamides is 1. The number of nitrogens with zero attached hydrogens (tertiary/aromatic N) is 3. The van der Waals surface area contributed by atoms with E-state index in [2.05, 4.69) is 23.7 Å². The van der Waals surface area contributed by atoms with Gasteiger partial charge in [0.2, 0.25) is 15.9 Å². The van der Waals surface area contributed by atoms with Crippen molar-refractivity contribution in [3.8, 4) is 0 Å². The van der Waals surface area contributed by atoms with Crippen LogP contribution in [0.25, 0.3) is 11.1 Å². The van der Waals surface area contributed by atoms with Gasteiger partial charge in [-0.15, -0.1) is 0 Å². The number of benzene rings is 2. The molecule has 1 aromatic heterocycles. The summed E-state index contributed by atoms with van der Waals surface area (Å²) < 4.78 is 33.3. The van der Waals surface area contributed by atoms with Gasteiger partial charge >= 0.3 is 0 Å². The molecule has 30 heavy (non-hydrogen) atoms. The molecule has 1 saturated heterocycles. The molecule has 0 bridgehead atoms. The summed E-state index contributed by atoms with van der Waals surface area (Å²) in [6, 6.07) is 12.7. The standard InChI is InChI=1S/C22H26ClN3O3S/c1-16(2)13-17-3-6-19(7-4-17)30(27,28)26-11-9-25(10-12-26)15-22-24-20-8-5-18(23)14-21(20)29-22/h3-8,14,16H,9-13,15H2,1-2H3. The number of fused-ring (bicyclic) bond motifs is 1. The molecule has 1 aliphatic heterocycles. The normalized spacial score (nSPS) is 16.5. The van der Waals surface area contributed by atoms with Crippen molar-refractivity contribution in [1.82, 2.24) is 14.2 Å². The van der Waals surface area contributed by atoms with Gasteiger partial charge in [0.1, 0.15) is 5.52 Å². The summed E-state index contributed by atoms with van der Waals surface area (Å²) in [6.07, 6.45) is 0.945. The Morgan fingerprint density at radius 3 is 2.43 bits per heavy atom. The molecule has 1 aliphatic rings. The second-order valence-electron chi connectivity index (χ2n) is 8.14. The second-order valence-corrected chi connectivity index (χ2v) is 10.5. The van der Waals surface area contributed by atoms with Crippen LogP contribution in [0.4, 0.5) is 0 Å². The zero-order valence-corrected chi connectivity index (χ0v) is 18.8. The van der Waals surface area contributed by atoms with Crippen LogP contribution in [-0.2, 0) is 23.0 Å². The molecule has 0 saturated carbocycles. The monoisotopic (exact) mass is 447 g/mol. The zero-order valence-electron chi connectivity index (χ0n) is 17.2. The molecule has 0 N–H and O–H groups in total. The maximum Gasteiger partial charge on any atom is 0.243 e. The number of piperazine rings is 1. The summed E-state index contributed by atoms with van der Waals surface area (Å²) >= 11 is 6.00. The van der Waals surface area contributed by atoms with Gasteiger partial charge in [-0.25, -0.2) is 13.4 Å². The Hall–Kier alpha value is -1.93. The Morgan fingerprint density at radius 2 is 1.77 bits per heavy atom. The van der Waals surface area contributed by atoms with Gasteiger partial charge in [-0.1, -0.05) is 37.6 Å². The van der Waals surface area contributed by atoms with E-state index < -0.39 is 10.0 Å². The first-order valence-corrected chi connectivity index (χ1v) is 12.0. The van der Waals surface area contributed by atoms with Crippen LogP contribution in [0.3, 0.4) is 0 Å². The SMILES string of the molecule is CC(C)Cc1ccc(S(=O)(=O)N2CCN(Cc3nc4ccc(Cl)cc4o3)CC2)cc1. The van der Waals surface area contributed by atoms with E-state index in [1.807, 2.05) is 18.2 Å². The highest BCUT2D eigenvalue weighted by Crippen LogP contribution is 2.23. The third kappa shape index (κ3) is 4.70. The lowest BCUT2D eigenvalue weighted by atomic mass is 10.0. The fourth-order valence-corrected chi connectivity index (χ4v) is 5.34. The Balaban J connectivity index is 1.38. The molecule has 6 nitrogen and oxygen atoms in total. The van der Waals surface area contributed by atoms with Crippen molar-refractivity contribution in [3.05, 3.63) is 58.9 Å². The molecule has 0 spiro atoms. The fraction of sp³-hybridized carbons (Fsp3) is 0.409. The lowest BCUT2D eigenvalue weighted by Gasteiger charge is -2.33. The molecule has 2 aromatic carbocycles. The van der Waals surface area contributed by atoms with Crippen molar-refractivity contribution < 1.29 is 12.8 Å². The molecule has 0 atom stereocenters. The van der Waals surface area contributed by atoms with Gasteiger partial charge in [-0.2, -0.15) is 4.31 Å². The quantitative estimate of drug-likeness (QED) is 0.567. The number of rotatable bonds is 6. The van der Waals surface area contributed by atoms with Gasteiger partial charge in [0.25, 0.3) is 0 Å². The van der Waals surface area contributed by atoms with Crippen LogP contribution in [0.2, 0.25) is 5.02 Å². The van der Waals surface area contributed by atoms with E-state index in [9.17, 15) is 8.42 Å². The molecular weight excluding hydrogens is 422 g/mol. The lowest BCUT2D eigenvalue weighted by molar-refractivity contribution is 0.169. The highest BCUT2D eigenvalue weighted by molar-refractivity contribution is 7.89. The van der Waals surface area contributed by atoms with Crippen molar-refractivity contribution in [2.24, 2.45) is 5.92 Å². The molecule has 0 amide bonds. The summed E-state index contributed by atoms with van der Waals surface area (Å²) in [5, 5.41) is 0.612. The molecule has 160 valence electrons. The van der Waals surface area contributed by atoms with Crippen molar-refractivity contribution in [2.75, 3.05) is 26.2 Å². The highest BCUT2D eigenvalue weighted by atomic mass is 35.5. The molecular formula is C22H26ClN3O3S. The van der Waals surface area contributed by atoms with Crippen LogP contribution in [0.5, 0.6) is 0 Å². The van der Waals surface area contributed by atoms with E-state index in [4.69, 9.17) is 16.0 Å². The Bertz CT molecular complexity index is 1120. The van der Waals surface area contributed by atoms with Crippen molar-refractivity contribution in [3.63, 3.8) is 0 Å². The fourth-order valence-electron chi connectivity index (χ4n) is 3.75. The smallest absolute Gasteiger partial charge is 0.243 e. The van der Waals surface area contributed by atoms with Crippen molar-refractivity contribution in [1.29, 1.82) is 0 Å². The second kappa shape index (κ2) is 8.67. The van der Waals surface area contributed by atoms with Crippen LogP contribution in [0.15, 0.2) is 51.8 Å². The maximum absolute atomic E-state index is 13.0. The Labute approximate surface area is 182 Å². The summed E-state index contributed by atoms with van der Waals surface area (Å²) in [6.45, 7) is 7.00. The summed E-state index contributed by atoms with van der Waals surface area (Å²) in [7, 11) is -3.48. The van der Waals surface area contributed by atoms with Gasteiger partial charge in [-0.05, 0) is 42.2 Å². The van der Waals surface area contributed by atoms with Crippen LogP contribution < -0.4 is 0 Å². The number of aromatic nitrogens is 1. The van der Waals surface area contributed by atoms with Gasteiger partial charge in [-0.3, -0.25) is 4.90 Å². The van der Waals surface area contributed by atoms with Crippen LogP contribution in [-0.4, -0.2) is 48.8 Å². The largest absolute Gasteiger partial charge is 0.439 e. The predicted molar refractivity (Wildman–Crippen MR) is 118 cm³/mol. The molecule has 2 heterocycles. The van der Waals surface area contributed by atoms with Crippen LogP contribution in [0.1, 0.15) is 25.3 Å². The van der Waals surface area contributed by atoms with Crippen molar-refractivity contribution in [2.45, 2.75) is 31.7 Å². The molecule has 3 aromatic rings. The van der Waals surface area contributed by atoms with Crippen LogP contribution in [0, 0.1) is 5.92 Å². The zero-order chi connectivity index (χ0) is 21.3. The third-order valence-electron chi connectivity index (χ3n) is 5.29. The molecule has 8 heteroatoms. The number of oxazole rings is 1. The first-order chi connectivity index (χ1) is 14.3. The molecule has 0 unspecified atom stereocenters.